The third kappa shape index (κ3) is 2.70. The zero-order valence-corrected chi connectivity index (χ0v) is 11.1. The fourth-order valence-corrected chi connectivity index (χ4v) is 2.03. The van der Waals surface area contributed by atoms with Crippen LogP contribution < -0.4 is 5.32 Å². The molecule has 0 aliphatic heterocycles. The predicted molar refractivity (Wildman–Crippen MR) is 73.2 cm³/mol. The second-order valence-electron chi connectivity index (χ2n) is 5.08. The van der Waals surface area contributed by atoms with Gasteiger partial charge in [-0.05, 0) is 31.4 Å². The highest BCUT2D eigenvalue weighted by Gasteiger charge is 2.22. The molecule has 20 heavy (non-hydrogen) atoms. The Balaban J connectivity index is 1.87. The van der Waals surface area contributed by atoms with Gasteiger partial charge in [0.05, 0.1) is 10.6 Å². The smallest absolute Gasteiger partial charge is 0.282 e. The molecule has 6 heteroatoms. The molecule has 1 fully saturated rings. The summed E-state index contributed by atoms with van der Waals surface area (Å²) < 4.78 is 5.39. The summed E-state index contributed by atoms with van der Waals surface area (Å²) in [7, 11) is 0. The average Bonchev–Trinajstić information content (AvgIpc) is 3.13. The quantitative estimate of drug-likeness (QED) is 0.669. The largest absolute Gasteiger partial charge is 0.444 e. The minimum atomic E-state index is -0.416. The summed E-state index contributed by atoms with van der Waals surface area (Å²) >= 11 is 0. The second kappa shape index (κ2) is 5.05. The van der Waals surface area contributed by atoms with Crippen molar-refractivity contribution in [2.24, 2.45) is 0 Å². The Labute approximate surface area is 116 Å². The van der Waals surface area contributed by atoms with Gasteiger partial charge in [-0.25, -0.2) is 4.98 Å². The first kappa shape index (κ1) is 12.8. The molecule has 1 saturated carbocycles. The van der Waals surface area contributed by atoms with Crippen LogP contribution in [0.4, 0.5) is 5.69 Å². The zero-order valence-electron chi connectivity index (χ0n) is 11.1. The van der Waals surface area contributed by atoms with Gasteiger partial charge >= 0.3 is 0 Å². The van der Waals surface area contributed by atoms with Crippen molar-refractivity contribution in [1.82, 2.24) is 10.3 Å². The molecule has 104 valence electrons. The van der Waals surface area contributed by atoms with Crippen LogP contribution in [0.3, 0.4) is 0 Å². The predicted octanol–water partition coefficient (Wildman–Crippen LogP) is 2.81. The highest BCUT2D eigenvalue weighted by atomic mass is 16.6. The summed E-state index contributed by atoms with van der Waals surface area (Å²) in [6, 6.07) is 5.50. The van der Waals surface area contributed by atoms with E-state index in [9.17, 15) is 10.1 Å². The van der Waals surface area contributed by atoms with Gasteiger partial charge in [0.2, 0.25) is 5.89 Å². The molecule has 0 amide bonds. The van der Waals surface area contributed by atoms with Crippen LogP contribution in [0.15, 0.2) is 28.9 Å². The van der Waals surface area contributed by atoms with Crippen molar-refractivity contribution in [2.75, 3.05) is 0 Å². The zero-order chi connectivity index (χ0) is 14.1. The van der Waals surface area contributed by atoms with Crippen molar-refractivity contribution in [1.29, 1.82) is 0 Å². The van der Waals surface area contributed by atoms with E-state index in [4.69, 9.17) is 4.42 Å². The van der Waals surface area contributed by atoms with Gasteiger partial charge < -0.3 is 9.73 Å². The first-order valence-corrected chi connectivity index (χ1v) is 6.56. The molecular weight excluding hydrogens is 258 g/mol. The molecule has 2 aromatic rings. The van der Waals surface area contributed by atoms with E-state index < -0.39 is 4.92 Å². The topological polar surface area (TPSA) is 81.2 Å². The number of rotatable bonds is 5. The van der Waals surface area contributed by atoms with Gasteiger partial charge in [-0.1, -0.05) is 6.07 Å². The van der Waals surface area contributed by atoms with Gasteiger partial charge in [0.25, 0.3) is 5.69 Å². The van der Waals surface area contributed by atoms with E-state index in [2.05, 4.69) is 10.3 Å². The van der Waals surface area contributed by atoms with E-state index >= 15 is 0 Å². The van der Waals surface area contributed by atoms with E-state index in [0.29, 0.717) is 24.0 Å². The monoisotopic (exact) mass is 273 g/mol. The van der Waals surface area contributed by atoms with Crippen LogP contribution in [0.2, 0.25) is 0 Å². The summed E-state index contributed by atoms with van der Waals surface area (Å²) in [5.41, 5.74) is 2.14. The number of aryl methyl sites for hydroxylation is 1. The average molecular weight is 273 g/mol. The molecule has 0 bridgehead atoms. The fourth-order valence-electron chi connectivity index (χ4n) is 2.03. The number of nitro groups is 1. The third-order valence-corrected chi connectivity index (χ3v) is 3.28. The number of hydrogen-bond donors (Lipinski definition) is 1. The Hall–Kier alpha value is -2.21. The van der Waals surface area contributed by atoms with Crippen LogP contribution in [0.5, 0.6) is 0 Å². The SMILES string of the molecule is Cc1ccc([N+](=O)[O-])c(-c2nc(CNC3CC3)co2)c1. The molecule has 1 N–H and O–H groups in total. The van der Waals surface area contributed by atoms with Crippen molar-refractivity contribution < 1.29 is 9.34 Å². The lowest BCUT2D eigenvalue weighted by Gasteiger charge is -2.00. The molecule has 1 heterocycles. The summed E-state index contributed by atoms with van der Waals surface area (Å²) in [6.45, 7) is 2.51. The lowest BCUT2D eigenvalue weighted by Crippen LogP contribution is -2.15. The first-order chi connectivity index (χ1) is 9.63. The second-order valence-corrected chi connectivity index (χ2v) is 5.08. The summed E-state index contributed by atoms with van der Waals surface area (Å²) in [5, 5.41) is 14.4. The maximum atomic E-state index is 11.1. The van der Waals surface area contributed by atoms with E-state index in [1.54, 1.807) is 18.4 Å². The molecule has 0 unspecified atom stereocenters. The molecule has 1 aliphatic rings. The Kier molecular flexibility index (Phi) is 3.23. The molecule has 0 saturated heterocycles. The molecule has 1 aliphatic carbocycles. The molecule has 3 rings (SSSR count). The van der Waals surface area contributed by atoms with Crippen molar-refractivity contribution >= 4 is 5.69 Å². The third-order valence-electron chi connectivity index (χ3n) is 3.28. The van der Waals surface area contributed by atoms with E-state index in [-0.39, 0.29) is 5.69 Å². The van der Waals surface area contributed by atoms with Crippen molar-refractivity contribution in [3.63, 3.8) is 0 Å². The Bertz CT molecular complexity index is 647. The van der Waals surface area contributed by atoms with Gasteiger partial charge in [0, 0.05) is 18.7 Å². The van der Waals surface area contributed by atoms with E-state index in [0.717, 1.165) is 11.3 Å². The van der Waals surface area contributed by atoms with Crippen LogP contribution in [0.25, 0.3) is 11.5 Å². The highest BCUT2D eigenvalue weighted by Crippen LogP contribution is 2.30. The van der Waals surface area contributed by atoms with Gasteiger partial charge in [-0.15, -0.1) is 0 Å². The number of nitrogens with one attached hydrogen (secondary N) is 1. The molecule has 0 atom stereocenters. The number of aromatic nitrogens is 1. The minimum Gasteiger partial charge on any atom is -0.444 e. The molecule has 0 radical (unpaired) electrons. The van der Waals surface area contributed by atoms with Crippen LogP contribution in [-0.2, 0) is 6.54 Å². The summed E-state index contributed by atoms with van der Waals surface area (Å²) in [4.78, 5) is 15.0. The van der Waals surface area contributed by atoms with Gasteiger partial charge in [-0.3, -0.25) is 10.1 Å². The maximum Gasteiger partial charge on any atom is 0.282 e. The fraction of sp³-hybridized carbons (Fsp3) is 0.357. The lowest BCUT2D eigenvalue weighted by atomic mass is 10.1. The van der Waals surface area contributed by atoms with Crippen LogP contribution in [0, 0.1) is 17.0 Å². The van der Waals surface area contributed by atoms with Crippen LogP contribution in [0.1, 0.15) is 24.1 Å². The summed E-state index contributed by atoms with van der Waals surface area (Å²) in [6.07, 6.45) is 3.96. The maximum absolute atomic E-state index is 11.1. The van der Waals surface area contributed by atoms with Gasteiger partial charge in [-0.2, -0.15) is 0 Å². The molecule has 0 spiro atoms. The van der Waals surface area contributed by atoms with Crippen LogP contribution in [-0.4, -0.2) is 15.9 Å². The Morgan fingerprint density at radius 1 is 1.50 bits per heavy atom. The first-order valence-electron chi connectivity index (χ1n) is 6.56. The minimum absolute atomic E-state index is 0.0131. The molecule has 1 aromatic carbocycles. The standard InChI is InChI=1S/C14H15N3O3/c1-9-2-5-13(17(18)19)12(6-9)14-16-11(8-20-14)7-15-10-3-4-10/h2,5-6,8,10,15H,3-4,7H2,1H3. The van der Waals surface area contributed by atoms with E-state index in [1.807, 2.05) is 6.92 Å². The Morgan fingerprint density at radius 2 is 2.30 bits per heavy atom. The Morgan fingerprint density at radius 3 is 3.00 bits per heavy atom. The lowest BCUT2D eigenvalue weighted by molar-refractivity contribution is -0.384. The number of oxazole rings is 1. The number of hydrogen-bond acceptors (Lipinski definition) is 5. The van der Waals surface area contributed by atoms with E-state index in [1.165, 1.54) is 18.9 Å². The van der Waals surface area contributed by atoms with Gasteiger partial charge in [0.15, 0.2) is 0 Å². The molecular formula is C14H15N3O3. The summed E-state index contributed by atoms with van der Waals surface area (Å²) in [5.74, 6) is 0.299. The van der Waals surface area contributed by atoms with Crippen LogP contribution >= 0.6 is 0 Å². The van der Waals surface area contributed by atoms with Crippen molar-refractivity contribution in [3.05, 3.63) is 45.8 Å². The number of nitrogens with zero attached hydrogens (tertiary/aromatic N) is 2. The van der Waals surface area contributed by atoms with Gasteiger partial charge in [0.1, 0.15) is 11.8 Å². The highest BCUT2D eigenvalue weighted by molar-refractivity contribution is 5.67. The number of benzene rings is 1. The number of nitro benzene ring substituents is 1. The van der Waals surface area contributed by atoms with Crippen molar-refractivity contribution in [3.8, 4) is 11.5 Å². The molecule has 6 nitrogen and oxygen atoms in total. The normalized spacial score (nSPS) is 14.4. The molecule has 1 aromatic heterocycles. The van der Waals surface area contributed by atoms with Crippen molar-refractivity contribution in [2.45, 2.75) is 32.4 Å².